The van der Waals surface area contributed by atoms with Gasteiger partial charge >= 0.3 is 0 Å². The summed E-state index contributed by atoms with van der Waals surface area (Å²) in [5.74, 6) is -1.50. The first-order valence-electron chi connectivity index (χ1n) is 5.69. The number of aliphatic hydroxyl groups is 1. The fourth-order valence-electron chi connectivity index (χ4n) is 1.66. The van der Waals surface area contributed by atoms with Crippen molar-refractivity contribution in [2.75, 3.05) is 6.54 Å². The van der Waals surface area contributed by atoms with Gasteiger partial charge in [0, 0.05) is 13.1 Å². The number of hydrogen-bond donors (Lipinski definition) is 2. The largest absolute Gasteiger partial charge is 0.387 e. The quantitative estimate of drug-likeness (QED) is 0.881. The van der Waals surface area contributed by atoms with Crippen molar-refractivity contribution in [2.24, 2.45) is 0 Å². The molecule has 0 saturated heterocycles. The average Bonchev–Trinajstić information content (AvgIpc) is 2.75. The van der Waals surface area contributed by atoms with Crippen LogP contribution in [0.15, 0.2) is 18.2 Å². The van der Waals surface area contributed by atoms with Crippen LogP contribution < -0.4 is 5.32 Å². The summed E-state index contributed by atoms with van der Waals surface area (Å²) in [6.45, 7) is 2.28. The van der Waals surface area contributed by atoms with E-state index in [0.29, 0.717) is 6.54 Å². The predicted octanol–water partition coefficient (Wildman–Crippen LogP) is 1.95. The predicted molar refractivity (Wildman–Crippen MR) is 67.7 cm³/mol. The van der Waals surface area contributed by atoms with Crippen LogP contribution in [0.3, 0.4) is 0 Å². The minimum absolute atomic E-state index is 0.0382. The van der Waals surface area contributed by atoms with Gasteiger partial charge in [-0.3, -0.25) is 0 Å². The van der Waals surface area contributed by atoms with Gasteiger partial charge in [0.1, 0.15) is 21.6 Å². The smallest absolute Gasteiger partial charge is 0.131 e. The lowest BCUT2D eigenvalue weighted by Crippen LogP contribution is -2.22. The van der Waals surface area contributed by atoms with Gasteiger partial charge in [-0.2, -0.15) is 0 Å². The van der Waals surface area contributed by atoms with E-state index in [2.05, 4.69) is 15.5 Å². The fraction of sp³-hybridized carbons (Fsp3) is 0.333. The van der Waals surface area contributed by atoms with Crippen LogP contribution in [0.2, 0.25) is 0 Å². The van der Waals surface area contributed by atoms with Gasteiger partial charge in [0.15, 0.2) is 0 Å². The van der Waals surface area contributed by atoms with Crippen LogP contribution in [0.5, 0.6) is 0 Å². The van der Waals surface area contributed by atoms with Gasteiger partial charge in [-0.15, -0.1) is 21.5 Å². The molecule has 7 heteroatoms. The number of rotatable bonds is 5. The Morgan fingerprint density at radius 1 is 1.32 bits per heavy atom. The summed E-state index contributed by atoms with van der Waals surface area (Å²) in [5.41, 5.74) is -0.316. The van der Waals surface area contributed by atoms with Gasteiger partial charge < -0.3 is 10.4 Å². The van der Waals surface area contributed by atoms with Gasteiger partial charge in [-0.25, -0.2) is 8.78 Å². The maximum atomic E-state index is 13.4. The first-order chi connectivity index (χ1) is 9.08. The lowest BCUT2D eigenvalue weighted by atomic mass is 10.1. The van der Waals surface area contributed by atoms with E-state index in [9.17, 15) is 13.9 Å². The number of aromatic nitrogens is 2. The Morgan fingerprint density at radius 2 is 2.00 bits per heavy atom. The second-order valence-corrected chi connectivity index (χ2v) is 5.26. The number of hydrogen-bond acceptors (Lipinski definition) is 5. The highest BCUT2D eigenvalue weighted by Gasteiger charge is 2.17. The number of benzene rings is 1. The highest BCUT2D eigenvalue weighted by Crippen LogP contribution is 2.20. The summed E-state index contributed by atoms with van der Waals surface area (Å²) in [5, 5.41) is 22.0. The van der Waals surface area contributed by atoms with Gasteiger partial charge in [-0.05, 0) is 19.1 Å². The van der Waals surface area contributed by atoms with Gasteiger partial charge in [0.2, 0.25) is 0 Å². The van der Waals surface area contributed by atoms with Crippen LogP contribution in [0.4, 0.5) is 8.78 Å². The van der Waals surface area contributed by atoms with E-state index in [-0.39, 0.29) is 12.1 Å². The van der Waals surface area contributed by atoms with Crippen LogP contribution in [0, 0.1) is 18.6 Å². The topological polar surface area (TPSA) is 58.0 Å². The Balaban J connectivity index is 1.92. The number of nitrogens with one attached hydrogen (secondary N) is 1. The number of nitrogens with zero attached hydrogens (tertiary/aromatic N) is 2. The van der Waals surface area contributed by atoms with Crippen molar-refractivity contribution in [1.29, 1.82) is 0 Å². The second-order valence-electron chi connectivity index (χ2n) is 4.00. The molecule has 1 atom stereocenters. The normalized spacial score (nSPS) is 12.6. The Morgan fingerprint density at radius 3 is 2.58 bits per heavy atom. The van der Waals surface area contributed by atoms with E-state index >= 15 is 0 Å². The summed E-state index contributed by atoms with van der Waals surface area (Å²) in [6.07, 6.45) is -1.24. The molecule has 0 bridgehead atoms. The van der Waals surface area contributed by atoms with Gasteiger partial charge in [0.25, 0.3) is 0 Å². The molecule has 0 spiro atoms. The Bertz CT molecular complexity index is 541. The van der Waals surface area contributed by atoms with Crippen LogP contribution in [0.1, 0.15) is 21.7 Å². The summed E-state index contributed by atoms with van der Waals surface area (Å²) in [7, 11) is 0. The Kier molecular flexibility index (Phi) is 4.52. The van der Waals surface area contributed by atoms with Crippen molar-refractivity contribution >= 4 is 11.3 Å². The lowest BCUT2D eigenvalue weighted by molar-refractivity contribution is 0.164. The first-order valence-corrected chi connectivity index (χ1v) is 6.51. The molecule has 0 aliphatic heterocycles. The molecule has 0 aliphatic rings. The third-order valence-electron chi connectivity index (χ3n) is 2.51. The zero-order chi connectivity index (χ0) is 13.8. The van der Waals surface area contributed by atoms with Crippen molar-refractivity contribution in [3.63, 3.8) is 0 Å². The summed E-state index contributed by atoms with van der Waals surface area (Å²) < 4.78 is 26.8. The van der Waals surface area contributed by atoms with E-state index in [4.69, 9.17) is 0 Å². The van der Waals surface area contributed by atoms with E-state index in [0.717, 1.165) is 22.1 Å². The van der Waals surface area contributed by atoms with E-state index in [1.165, 1.54) is 17.4 Å². The second kappa shape index (κ2) is 6.14. The van der Waals surface area contributed by atoms with Crippen molar-refractivity contribution in [3.05, 3.63) is 45.4 Å². The molecule has 1 aromatic heterocycles. The van der Waals surface area contributed by atoms with Crippen molar-refractivity contribution in [1.82, 2.24) is 15.5 Å². The van der Waals surface area contributed by atoms with Gasteiger partial charge in [0.05, 0.1) is 11.7 Å². The molecule has 0 aliphatic carbocycles. The molecule has 102 valence electrons. The summed E-state index contributed by atoms with van der Waals surface area (Å²) >= 11 is 1.43. The van der Waals surface area contributed by atoms with E-state index < -0.39 is 17.7 Å². The summed E-state index contributed by atoms with van der Waals surface area (Å²) in [4.78, 5) is 0. The number of aliphatic hydroxyl groups excluding tert-OH is 1. The molecule has 0 saturated carbocycles. The Hall–Kier alpha value is -1.44. The van der Waals surface area contributed by atoms with Crippen LogP contribution >= 0.6 is 11.3 Å². The van der Waals surface area contributed by atoms with Crippen LogP contribution in [-0.2, 0) is 6.54 Å². The first kappa shape index (κ1) is 14.0. The van der Waals surface area contributed by atoms with E-state index in [1.807, 2.05) is 6.92 Å². The maximum absolute atomic E-state index is 13.4. The zero-order valence-corrected chi connectivity index (χ0v) is 11.0. The van der Waals surface area contributed by atoms with Crippen molar-refractivity contribution < 1.29 is 13.9 Å². The lowest BCUT2D eigenvalue weighted by Gasteiger charge is -2.13. The summed E-state index contributed by atoms with van der Waals surface area (Å²) in [6, 6.07) is 3.50. The molecule has 19 heavy (non-hydrogen) atoms. The monoisotopic (exact) mass is 285 g/mol. The van der Waals surface area contributed by atoms with Crippen molar-refractivity contribution in [2.45, 2.75) is 19.6 Å². The standard InChI is InChI=1S/C12H13F2N3OS/c1-7-16-17-11(19-7)6-15-5-10(18)12-8(13)3-2-4-9(12)14/h2-4,10,15,18H,5-6H2,1H3. The Labute approximate surface area is 113 Å². The SMILES string of the molecule is Cc1nnc(CNCC(O)c2c(F)cccc2F)s1. The molecule has 0 fully saturated rings. The molecular formula is C12H13F2N3OS. The van der Waals surface area contributed by atoms with Crippen molar-refractivity contribution in [3.8, 4) is 0 Å². The third kappa shape index (κ3) is 3.52. The molecule has 4 nitrogen and oxygen atoms in total. The highest BCUT2D eigenvalue weighted by molar-refractivity contribution is 7.11. The molecule has 1 heterocycles. The molecular weight excluding hydrogens is 272 g/mol. The van der Waals surface area contributed by atoms with Gasteiger partial charge in [-0.1, -0.05) is 6.07 Å². The number of aryl methyl sites for hydroxylation is 1. The molecule has 2 aromatic rings. The average molecular weight is 285 g/mol. The number of halogens is 2. The molecule has 0 amide bonds. The van der Waals surface area contributed by atoms with Crippen LogP contribution in [0.25, 0.3) is 0 Å². The molecule has 0 radical (unpaired) electrons. The molecule has 2 N–H and O–H groups in total. The fourth-order valence-corrected chi connectivity index (χ4v) is 2.33. The third-order valence-corrected chi connectivity index (χ3v) is 3.35. The minimum atomic E-state index is -1.24. The molecule has 1 unspecified atom stereocenters. The minimum Gasteiger partial charge on any atom is -0.387 e. The molecule has 2 rings (SSSR count). The van der Waals surface area contributed by atoms with Crippen LogP contribution in [-0.4, -0.2) is 21.8 Å². The van der Waals surface area contributed by atoms with E-state index in [1.54, 1.807) is 0 Å². The zero-order valence-electron chi connectivity index (χ0n) is 10.2. The maximum Gasteiger partial charge on any atom is 0.131 e. The molecule has 1 aromatic carbocycles. The highest BCUT2D eigenvalue weighted by atomic mass is 32.1.